The Bertz CT molecular complexity index is 15.5. The zero-order chi connectivity index (χ0) is 0. The maximum absolute atomic E-state index is 0. The van der Waals surface area contributed by atoms with Crippen LogP contribution in [0.15, 0.2) is 0 Å². The third-order valence-electron chi connectivity index (χ3n) is 0. The van der Waals surface area contributed by atoms with Crippen LogP contribution in [0.3, 0.4) is 0 Å². The van der Waals surface area contributed by atoms with Gasteiger partial charge in [0.25, 0.3) is 0 Å². The smallest absolute Gasteiger partial charge is 0 e. The van der Waals surface area contributed by atoms with E-state index in [-0.39, 0.29) is 159 Å². The van der Waals surface area contributed by atoms with Gasteiger partial charge >= 0.3 is 112 Å². The van der Waals surface area contributed by atoms with Crippen LogP contribution in [0.4, 0.5) is 0 Å². The SMILES string of the molecule is P.[CaH2].[Cu].[KH].[MgH2].[Zn]. The maximum Gasteiger partial charge on any atom is 0.316 e. The van der Waals surface area contributed by atoms with Crippen LogP contribution in [0.1, 0.15) is 0 Å². The van der Waals surface area contributed by atoms with Gasteiger partial charge in [-0.05, 0) is 0 Å². The van der Waals surface area contributed by atoms with Gasteiger partial charge in [-0.25, -0.2) is 0 Å². The first-order valence-corrected chi connectivity index (χ1v) is 0. The van der Waals surface area contributed by atoms with Crippen molar-refractivity contribution < 1.29 is 36.5 Å². The Morgan fingerprint density at radius 1 is 1.00 bits per heavy atom. The van der Waals surface area contributed by atoms with Crippen LogP contribution in [-0.2, 0) is 36.5 Å². The summed E-state index contributed by atoms with van der Waals surface area (Å²) >= 11 is 0. The van der Waals surface area contributed by atoms with Crippen molar-refractivity contribution in [1.82, 2.24) is 0 Å². The van der Waals surface area contributed by atoms with Crippen molar-refractivity contribution in [2.75, 3.05) is 0 Å². The molecule has 0 nitrogen and oxygen atoms in total. The minimum Gasteiger partial charge on any atom is 0 e. The van der Waals surface area contributed by atoms with E-state index in [1.165, 1.54) is 0 Å². The van der Waals surface area contributed by atoms with Crippen molar-refractivity contribution in [3.05, 3.63) is 0 Å². The summed E-state index contributed by atoms with van der Waals surface area (Å²) in [5.41, 5.74) is 0. The topological polar surface area (TPSA) is 0 Å². The Hall–Kier alpha value is 5.24. The molecule has 0 saturated heterocycles. The molecule has 0 aliphatic heterocycles. The molecule has 1 atom stereocenters. The molecule has 6 heteroatoms. The molecule has 0 aromatic rings. The third kappa shape index (κ3) is 22.9. The van der Waals surface area contributed by atoms with Crippen molar-refractivity contribution in [3.8, 4) is 0 Å². The van der Waals surface area contributed by atoms with Crippen molar-refractivity contribution in [2.45, 2.75) is 0 Å². The summed E-state index contributed by atoms with van der Waals surface area (Å²) in [6.45, 7) is 0. The molecule has 31 valence electrons. The van der Waals surface area contributed by atoms with Gasteiger partial charge in [-0.2, -0.15) is 9.90 Å². The standard InChI is InChI=1S/Ca.Cu.K.Mg.H3P.Zn.5H/h;;;;1H3;;;;;;. The van der Waals surface area contributed by atoms with Gasteiger partial charge in [-0.15, -0.1) is 0 Å². The predicted molar refractivity (Wildman–Crippen MR) is 35.3 cm³/mol. The second-order valence-electron chi connectivity index (χ2n) is 0. The van der Waals surface area contributed by atoms with Crippen molar-refractivity contribution >= 4 is 122 Å². The molecule has 0 saturated carbocycles. The first-order chi connectivity index (χ1) is 0. The normalized spacial score (nSPS) is 0. The molecule has 0 rings (SSSR count). The van der Waals surface area contributed by atoms with Crippen LogP contribution in [0.25, 0.3) is 0 Å². The summed E-state index contributed by atoms with van der Waals surface area (Å²) in [4.78, 5) is 0. The second-order valence-corrected chi connectivity index (χ2v) is 0. The minimum absolute atomic E-state index is 0. The molecule has 1 unspecified atom stereocenters. The summed E-state index contributed by atoms with van der Waals surface area (Å²) in [5.74, 6) is 0. The molecule has 0 amide bonds. The molecule has 1 radical (unpaired) electrons. The second kappa shape index (κ2) is 31.9. The quantitative estimate of drug-likeness (QED) is 0.340. The summed E-state index contributed by atoms with van der Waals surface area (Å²) < 4.78 is 0. The summed E-state index contributed by atoms with van der Waals surface area (Å²) in [7, 11) is 0. The van der Waals surface area contributed by atoms with Crippen molar-refractivity contribution in [2.24, 2.45) is 0 Å². The molecule has 0 heterocycles. The Balaban J connectivity index is 0. The molecular formula is H8CaCuKMgPZn. The molecule has 0 N–H and O–H groups in total. The maximum atomic E-state index is 0. The van der Waals surface area contributed by atoms with Crippen LogP contribution in [-0.4, -0.2) is 112 Å². The molecule has 6 heavy (non-hydrogen) atoms. The Morgan fingerprint density at radius 3 is 1.00 bits per heavy atom. The Morgan fingerprint density at radius 2 is 1.00 bits per heavy atom. The molecule has 0 aliphatic carbocycles. The summed E-state index contributed by atoms with van der Waals surface area (Å²) in [6, 6.07) is 0. The number of rotatable bonds is 0. The fraction of sp³-hybridized carbons (Fsp3) is 0. The van der Waals surface area contributed by atoms with E-state index in [9.17, 15) is 0 Å². The fourth-order valence-electron chi connectivity index (χ4n) is 0. The van der Waals surface area contributed by atoms with E-state index in [4.69, 9.17) is 0 Å². The van der Waals surface area contributed by atoms with E-state index in [0.29, 0.717) is 0 Å². The molecule has 0 aromatic carbocycles. The molecule has 0 fully saturated rings. The average Bonchev–Trinajstić information content (AvgIpc) is 0. The Kier molecular flexibility index (Phi) is 228. The van der Waals surface area contributed by atoms with Gasteiger partial charge in [0.05, 0.1) is 0 Å². The molecule has 0 spiro atoms. The van der Waals surface area contributed by atoms with Crippen molar-refractivity contribution in [1.29, 1.82) is 0 Å². The third-order valence-corrected chi connectivity index (χ3v) is 0. The van der Waals surface area contributed by atoms with Gasteiger partial charge in [-0.3, -0.25) is 0 Å². The van der Waals surface area contributed by atoms with Crippen LogP contribution in [0.5, 0.6) is 0 Å². The van der Waals surface area contributed by atoms with E-state index in [1.807, 2.05) is 0 Å². The van der Waals surface area contributed by atoms with Crippen LogP contribution in [0.2, 0.25) is 0 Å². The monoisotopic (exact) mass is 269 g/mol. The molecule has 0 aromatic heterocycles. The largest absolute Gasteiger partial charge is 0.316 e. The Labute approximate surface area is 154 Å². The van der Waals surface area contributed by atoms with Crippen LogP contribution >= 0.6 is 9.90 Å². The number of hydrogen-bond donors (Lipinski definition) is 0. The van der Waals surface area contributed by atoms with Gasteiger partial charge in [0, 0.05) is 36.5 Å². The van der Waals surface area contributed by atoms with E-state index in [2.05, 4.69) is 0 Å². The van der Waals surface area contributed by atoms with E-state index in [1.54, 1.807) is 0 Å². The minimum atomic E-state index is 0. The average molecular weight is 271 g/mol. The summed E-state index contributed by atoms with van der Waals surface area (Å²) in [6.07, 6.45) is 0. The van der Waals surface area contributed by atoms with Gasteiger partial charge in [0.1, 0.15) is 0 Å². The van der Waals surface area contributed by atoms with Crippen LogP contribution in [0, 0.1) is 0 Å². The molecule has 0 aliphatic rings. The predicted octanol–water partition coefficient (Wildman–Crippen LogP) is -2.43. The first-order valence-electron chi connectivity index (χ1n) is 0. The van der Waals surface area contributed by atoms with Gasteiger partial charge in [-0.1, -0.05) is 0 Å². The van der Waals surface area contributed by atoms with E-state index >= 15 is 0 Å². The summed E-state index contributed by atoms with van der Waals surface area (Å²) in [5, 5.41) is 0. The van der Waals surface area contributed by atoms with Gasteiger partial charge in [0.15, 0.2) is 0 Å². The molecular weight excluding hydrogens is 263 g/mol. The van der Waals surface area contributed by atoms with Crippen molar-refractivity contribution in [3.63, 3.8) is 0 Å². The van der Waals surface area contributed by atoms with E-state index < -0.39 is 0 Å². The van der Waals surface area contributed by atoms with Gasteiger partial charge < -0.3 is 0 Å². The molecule has 0 bridgehead atoms. The zero-order valence-electron chi connectivity index (χ0n) is 1.72. The first kappa shape index (κ1) is 42.9. The van der Waals surface area contributed by atoms with Gasteiger partial charge in [0.2, 0.25) is 0 Å². The van der Waals surface area contributed by atoms with E-state index in [0.717, 1.165) is 0 Å². The fourth-order valence-corrected chi connectivity index (χ4v) is 0. The van der Waals surface area contributed by atoms with Crippen LogP contribution < -0.4 is 0 Å². The number of hydrogen-bond acceptors (Lipinski definition) is 0. The zero-order valence-corrected chi connectivity index (χ0v) is 7.04.